The van der Waals surface area contributed by atoms with Gasteiger partial charge in [0.1, 0.15) is 6.10 Å². The van der Waals surface area contributed by atoms with Crippen molar-refractivity contribution in [2.75, 3.05) is 0 Å². The Morgan fingerprint density at radius 2 is 1.88 bits per heavy atom. The fraction of sp³-hybridized carbons (Fsp3) is 0.0476. The van der Waals surface area contributed by atoms with E-state index in [-0.39, 0.29) is 0 Å². The quantitative estimate of drug-likeness (QED) is 0.687. The minimum absolute atomic E-state index is 0.534. The van der Waals surface area contributed by atoms with Gasteiger partial charge in [0.2, 0.25) is 0 Å². The number of halogens is 1. The summed E-state index contributed by atoms with van der Waals surface area (Å²) in [6.45, 7) is 0. The van der Waals surface area contributed by atoms with E-state index in [0.29, 0.717) is 27.4 Å². The average Bonchev–Trinajstić information content (AvgIpc) is 2.79. The van der Waals surface area contributed by atoms with Crippen LogP contribution in [-0.4, -0.2) is 10.1 Å². The monoisotopic (exact) mass is 344 g/mol. The van der Waals surface area contributed by atoms with Crippen molar-refractivity contribution >= 4 is 23.8 Å². The lowest BCUT2D eigenvalue weighted by Gasteiger charge is -2.16. The van der Waals surface area contributed by atoms with E-state index < -0.39 is 6.10 Å². The van der Waals surface area contributed by atoms with Gasteiger partial charge in [-0.05, 0) is 35.4 Å². The average molecular weight is 345 g/mol. The molecular weight excluding hydrogens is 332 g/mol. The van der Waals surface area contributed by atoms with Gasteiger partial charge in [0.15, 0.2) is 0 Å². The van der Waals surface area contributed by atoms with Gasteiger partial charge in [-0.15, -0.1) is 0 Å². The van der Waals surface area contributed by atoms with E-state index in [1.807, 2.05) is 48.6 Å². The highest BCUT2D eigenvalue weighted by Crippen LogP contribution is 2.36. The van der Waals surface area contributed by atoms with Crippen molar-refractivity contribution in [2.45, 2.75) is 6.10 Å². The molecule has 0 spiro atoms. The Morgan fingerprint density at radius 1 is 1.04 bits per heavy atom. The van der Waals surface area contributed by atoms with Crippen LogP contribution >= 0.6 is 11.6 Å². The van der Waals surface area contributed by atoms with Crippen LogP contribution in [0.15, 0.2) is 54.7 Å². The Morgan fingerprint density at radius 3 is 2.68 bits per heavy atom. The van der Waals surface area contributed by atoms with E-state index in [0.717, 1.165) is 16.7 Å². The Hall–Kier alpha value is -2.93. The first kappa shape index (κ1) is 15.6. The Balaban J connectivity index is 1.90. The van der Waals surface area contributed by atoms with Crippen LogP contribution < -0.4 is 0 Å². The van der Waals surface area contributed by atoms with Crippen molar-refractivity contribution in [3.8, 4) is 17.2 Å². The summed E-state index contributed by atoms with van der Waals surface area (Å²) < 4.78 is 0. The van der Waals surface area contributed by atoms with Crippen LogP contribution in [0.3, 0.4) is 0 Å². The van der Waals surface area contributed by atoms with E-state index in [1.54, 1.807) is 18.3 Å². The van der Waals surface area contributed by atoms with Gasteiger partial charge in [0.25, 0.3) is 0 Å². The number of aliphatic hydroxyl groups excluding tert-OH is 1. The van der Waals surface area contributed by atoms with E-state index in [9.17, 15) is 10.4 Å². The van der Waals surface area contributed by atoms with Crippen molar-refractivity contribution in [1.29, 1.82) is 5.26 Å². The summed E-state index contributed by atoms with van der Waals surface area (Å²) in [5.41, 5.74) is 5.06. The molecule has 1 aliphatic carbocycles. The van der Waals surface area contributed by atoms with Crippen LogP contribution in [0.5, 0.6) is 0 Å². The molecule has 1 unspecified atom stereocenters. The number of hydrogen-bond donors (Lipinski definition) is 1. The number of hydrogen-bond acceptors (Lipinski definition) is 3. The van der Waals surface area contributed by atoms with Gasteiger partial charge in [-0.1, -0.05) is 48.0 Å². The first-order valence-corrected chi connectivity index (χ1v) is 8.21. The van der Waals surface area contributed by atoms with E-state index in [2.05, 4.69) is 11.1 Å². The first-order valence-electron chi connectivity index (χ1n) is 7.83. The molecule has 3 nitrogen and oxygen atoms in total. The molecule has 3 aromatic rings. The summed E-state index contributed by atoms with van der Waals surface area (Å²) in [7, 11) is 0. The zero-order valence-electron chi connectivity index (χ0n) is 13.1. The smallest absolute Gasteiger partial charge is 0.107 e. The molecule has 1 atom stereocenters. The Bertz CT molecular complexity index is 1050. The Kier molecular flexibility index (Phi) is 3.85. The van der Waals surface area contributed by atoms with E-state index in [1.165, 1.54) is 0 Å². The minimum Gasteiger partial charge on any atom is -0.384 e. The number of nitrogens with zero attached hydrogens (tertiary/aromatic N) is 2. The molecule has 0 aliphatic heterocycles. The Labute approximate surface area is 150 Å². The van der Waals surface area contributed by atoms with Crippen LogP contribution in [0, 0.1) is 11.3 Å². The van der Waals surface area contributed by atoms with Crippen LogP contribution in [0.4, 0.5) is 0 Å². The molecule has 0 amide bonds. The fourth-order valence-corrected chi connectivity index (χ4v) is 3.37. The van der Waals surface area contributed by atoms with Crippen molar-refractivity contribution in [3.63, 3.8) is 0 Å². The van der Waals surface area contributed by atoms with Crippen LogP contribution in [0.2, 0.25) is 5.02 Å². The molecule has 120 valence electrons. The molecular formula is C21H13ClN2O. The van der Waals surface area contributed by atoms with Gasteiger partial charge < -0.3 is 5.11 Å². The molecule has 2 aromatic carbocycles. The molecule has 4 heteroatoms. The van der Waals surface area contributed by atoms with Gasteiger partial charge in [-0.25, -0.2) is 0 Å². The predicted molar refractivity (Wildman–Crippen MR) is 98.8 cm³/mol. The van der Waals surface area contributed by atoms with E-state index in [4.69, 9.17) is 11.6 Å². The van der Waals surface area contributed by atoms with Gasteiger partial charge in [0.05, 0.1) is 17.3 Å². The molecule has 1 aromatic heterocycles. The largest absolute Gasteiger partial charge is 0.384 e. The third-order valence-corrected chi connectivity index (χ3v) is 4.72. The zero-order chi connectivity index (χ0) is 17.4. The summed E-state index contributed by atoms with van der Waals surface area (Å²) in [6.07, 6.45) is 4.56. The number of aromatic nitrogens is 1. The maximum Gasteiger partial charge on any atom is 0.107 e. The van der Waals surface area contributed by atoms with Crippen LogP contribution in [0.25, 0.3) is 23.3 Å². The van der Waals surface area contributed by atoms with Crippen molar-refractivity contribution in [3.05, 3.63) is 87.7 Å². The topological polar surface area (TPSA) is 56.9 Å². The zero-order valence-corrected chi connectivity index (χ0v) is 13.9. The maximum absolute atomic E-state index is 10.9. The number of nitriles is 1. The highest BCUT2D eigenvalue weighted by atomic mass is 35.5. The van der Waals surface area contributed by atoms with Crippen molar-refractivity contribution in [2.24, 2.45) is 0 Å². The standard InChI is InChI=1S/C21H13ClN2O/c22-19-7-2-1-5-16(19)14-10-18-20(24-12-14)9-8-15-13(11-23)4-3-6-17(15)21(18)25/h1-10,12,21,25H. The highest BCUT2D eigenvalue weighted by Gasteiger charge is 2.22. The van der Waals surface area contributed by atoms with Gasteiger partial charge in [-0.2, -0.15) is 5.26 Å². The molecule has 1 heterocycles. The summed E-state index contributed by atoms with van der Waals surface area (Å²) in [4.78, 5) is 4.50. The second-order valence-corrected chi connectivity index (χ2v) is 6.24. The van der Waals surface area contributed by atoms with Gasteiger partial charge in [0, 0.05) is 27.9 Å². The lowest BCUT2D eigenvalue weighted by molar-refractivity contribution is 0.219. The molecule has 4 rings (SSSR count). The third kappa shape index (κ3) is 2.62. The van der Waals surface area contributed by atoms with Gasteiger partial charge >= 0.3 is 0 Å². The third-order valence-electron chi connectivity index (χ3n) is 4.39. The molecule has 1 N–H and O–H groups in total. The predicted octanol–water partition coefficient (Wildman–Crippen LogP) is 4.84. The second kappa shape index (κ2) is 6.18. The van der Waals surface area contributed by atoms with Crippen molar-refractivity contribution in [1.82, 2.24) is 4.98 Å². The van der Waals surface area contributed by atoms with Crippen LogP contribution in [0.1, 0.15) is 34.1 Å². The molecule has 0 fully saturated rings. The molecule has 0 saturated heterocycles. The molecule has 1 aliphatic rings. The number of pyridine rings is 1. The summed E-state index contributed by atoms with van der Waals surface area (Å²) in [5.74, 6) is 0. The molecule has 25 heavy (non-hydrogen) atoms. The molecule has 0 saturated carbocycles. The fourth-order valence-electron chi connectivity index (χ4n) is 3.13. The SMILES string of the molecule is N#Cc1cccc2c1C=Cc1ncc(-c3ccccc3Cl)cc1C2O. The summed E-state index contributed by atoms with van der Waals surface area (Å²) >= 11 is 6.29. The number of rotatable bonds is 1. The van der Waals surface area contributed by atoms with Gasteiger partial charge in [-0.3, -0.25) is 4.98 Å². The highest BCUT2D eigenvalue weighted by molar-refractivity contribution is 6.33. The first-order chi connectivity index (χ1) is 12.2. The van der Waals surface area contributed by atoms with E-state index >= 15 is 0 Å². The number of aliphatic hydroxyl groups is 1. The number of fused-ring (bicyclic) bond motifs is 2. The normalized spacial score (nSPS) is 15.0. The minimum atomic E-state index is -0.858. The van der Waals surface area contributed by atoms with Crippen molar-refractivity contribution < 1.29 is 5.11 Å². The maximum atomic E-state index is 10.9. The lowest BCUT2D eigenvalue weighted by atomic mass is 9.94. The number of benzene rings is 2. The molecule has 0 radical (unpaired) electrons. The summed E-state index contributed by atoms with van der Waals surface area (Å²) in [5, 5.41) is 20.9. The lowest BCUT2D eigenvalue weighted by Crippen LogP contribution is -2.05. The molecule has 0 bridgehead atoms. The van der Waals surface area contributed by atoms with Crippen LogP contribution in [-0.2, 0) is 0 Å². The summed E-state index contributed by atoms with van der Waals surface area (Å²) in [6, 6.07) is 17.0. The second-order valence-electron chi connectivity index (χ2n) is 5.83.